The van der Waals surface area contributed by atoms with Gasteiger partial charge in [0.2, 0.25) is 11.8 Å². The number of carbonyl (C=O) groups excluding carboxylic acids is 1. The van der Waals surface area contributed by atoms with E-state index in [4.69, 9.17) is 9.84 Å². The van der Waals surface area contributed by atoms with E-state index in [0.717, 1.165) is 0 Å². The molecule has 0 radical (unpaired) electrons. The number of aromatic nitrogens is 1. The van der Waals surface area contributed by atoms with Crippen LogP contribution in [0.4, 0.5) is 5.69 Å². The summed E-state index contributed by atoms with van der Waals surface area (Å²) in [6.07, 6.45) is 1.21. The van der Waals surface area contributed by atoms with Gasteiger partial charge in [0, 0.05) is 13.1 Å². The third-order valence-corrected chi connectivity index (χ3v) is 2.30. The van der Waals surface area contributed by atoms with Crippen LogP contribution in [0.3, 0.4) is 0 Å². The molecule has 0 unspecified atom stereocenters. The Labute approximate surface area is 91.5 Å². The second-order valence-electron chi connectivity index (χ2n) is 3.37. The van der Waals surface area contributed by atoms with Crippen LogP contribution < -0.4 is 9.64 Å². The average molecular weight is 222 g/mol. The van der Waals surface area contributed by atoms with Gasteiger partial charge in [0.15, 0.2) is 0 Å². The van der Waals surface area contributed by atoms with Crippen molar-refractivity contribution < 1.29 is 19.4 Å². The van der Waals surface area contributed by atoms with Gasteiger partial charge in [0.1, 0.15) is 12.3 Å². The van der Waals surface area contributed by atoms with Gasteiger partial charge in [-0.2, -0.15) is 0 Å². The summed E-state index contributed by atoms with van der Waals surface area (Å²) in [7, 11) is 0. The molecule has 0 saturated carbocycles. The molecule has 1 aliphatic rings. The van der Waals surface area contributed by atoms with Crippen molar-refractivity contribution in [2.45, 2.75) is 6.92 Å². The van der Waals surface area contributed by atoms with Crippen LogP contribution >= 0.6 is 0 Å². The zero-order chi connectivity index (χ0) is 11.7. The number of carbonyl (C=O) groups is 2. The molecule has 6 heteroatoms. The van der Waals surface area contributed by atoms with Gasteiger partial charge in [-0.1, -0.05) is 0 Å². The molecule has 1 N–H and O–H groups in total. The summed E-state index contributed by atoms with van der Waals surface area (Å²) in [4.78, 5) is 27.4. The minimum absolute atomic E-state index is 0.0375. The molecule has 1 aromatic heterocycles. The monoisotopic (exact) mass is 222 g/mol. The highest BCUT2D eigenvalue weighted by atomic mass is 16.5. The van der Waals surface area contributed by atoms with Crippen LogP contribution in [0.15, 0.2) is 12.3 Å². The predicted octanol–water partition coefficient (Wildman–Crippen LogP) is 0.525. The summed E-state index contributed by atoms with van der Waals surface area (Å²) in [6.45, 7) is 2.20. The Kier molecular flexibility index (Phi) is 2.47. The molecule has 2 rings (SSSR count). The van der Waals surface area contributed by atoms with E-state index in [9.17, 15) is 9.59 Å². The first-order valence-electron chi connectivity index (χ1n) is 4.74. The molecule has 16 heavy (non-hydrogen) atoms. The molecule has 0 fully saturated rings. The Balaban J connectivity index is 2.48. The molecular formula is C10H10N2O4. The molecule has 84 valence electrons. The number of hydrogen-bond acceptors (Lipinski definition) is 4. The summed E-state index contributed by atoms with van der Waals surface area (Å²) in [5, 5.41) is 8.83. The van der Waals surface area contributed by atoms with E-state index in [1.165, 1.54) is 24.1 Å². The lowest BCUT2D eigenvalue weighted by Gasteiger charge is -2.27. The van der Waals surface area contributed by atoms with E-state index in [-0.39, 0.29) is 11.5 Å². The number of ether oxygens (including phenoxy) is 1. The predicted molar refractivity (Wildman–Crippen MR) is 54.7 cm³/mol. The first-order chi connectivity index (χ1) is 7.59. The fourth-order valence-corrected chi connectivity index (χ4v) is 1.54. The first kappa shape index (κ1) is 10.4. The van der Waals surface area contributed by atoms with Crippen LogP contribution in [0.2, 0.25) is 0 Å². The minimum Gasteiger partial charge on any atom is -0.478 e. The van der Waals surface area contributed by atoms with E-state index in [1.54, 1.807) is 0 Å². The van der Waals surface area contributed by atoms with Crippen molar-refractivity contribution in [3.63, 3.8) is 0 Å². The molecule has 2 heterocycles. The highest BCUT2D eigenvalue weighted by molar-refractivity contribution is 5.95. The molecule has 0 saturated heterocycles. The number of pyridine rings is 1. The second-order valence-corrected chi connectivity index (χ2v) is 3.37. The Morgan fingerprint density at radius 2 is 2.31 bits per heavy atom. The largest absolute Gasteiger partial charge is 0.478 e. The molecular weight excluding hydrogens is 212 g/mol. The quantitative estimate of drug-likeness (QED) is 0.749. The van der Waals surface area contributed by atoms with Gasteiger partial charge in [0.05, 0.1) is 12.1 Å². The van der Waals surface area contributed by atoms with E-state index < -0.39 is 5.97 Å². The maximum absolute atomic E-state index is 11.3. The lowest BCUT2D eigenvalue weighted by atomic mass is 10.2. The average Bonchev–Trinajstić information content (AvgIpc) is 2.27. The summed E-state index contributed by atoms with van der Waals surface area (Å²) in [5.41, 5.74) is 0.453. The summed E-state index contributed by atoms with van der Waals surface area (Å²) in [6, 6.07) is 1.39. The number of aromatic carboxylic acids is 1. The van der Waals surface area contributed by atoms with Gasteiger partial charge in [-0.05, 0) is 6.07 Å². The van der Waals surface area contributed by atoms with Crippen molar-refractivity contribution in [3.05, 3.63) is 17.8 Å². The number of nitrogens with zero attached hydrogens (tertiary/aromatic N) is 2. The fraction of sp³-hybridized carbons (Fsp3) is 0.300. The van der Waals surface area contributed by atoms with Crippen molar-refractivity contribution in [2.75, 3.05) is 18.1 Å². The molecule has 0 spiro atoms. The number of amides is 1. The third kappa shape index (κ3) is 1.69. The molecule has 0 aromatic carbocycles. The summed E-state index contributed by atoms with van der Waals surface area (Å²) >= 11 is 0. The number of fused-ring (bicyclic) bond motifs is 1. The Morgan fingerprint density at radius 1 is 1.56 bits per heavy atom. The van der Waals surface area contributed by atoms with Gasteiger partial charge in [-0.3, -0.25) is 4.79 Å². The maximum Gasteiger partial charge on any atom is 0.337 e. The third-order valence-electron chi connectivity index (χ3n) is 2.30. The van der Waals surface area contributed by atoms with E-state index in [2.05, 4.69) is 4.98 Å². The first-order valence-corrected chi connectivity index (χ1v) is 4.74. The van der Waals surface area contributed by atoms with Crippen molar-refractivity contribution in [3.8, 4) is 5.88 Å². The molecule has 1 aromatic rings. The lowest BCUT2D eigenvalue weighted by molar-refractivity contribution is -0.116. The Morgan fingerprint density at radius 3 is 2.94 bits per heavy atom. The van der Waals surface area contributed by atoms with Crippen LogP contribution in [-0.4, -0.2) is 35.1 Å². The van der Waals surface area contributed by atoms with Crippen LogP contribution in [-0.2, 0) is 4.79 Å². The molecule has 1 amide bonds. The molecule has 6 nitrogen and oxygen atoms in total. The van der Waals surface area contributed by atoms with Gasteiger partial charge in [0.25, 0.3) is 0 Å². The second kappa shape index (κ2) is 3.80. The van der Waals surface area contributed by atoms with Gasteiger partial charge >= 0.3 is 5.97 Å². The lowest BCUT2D eigenvalue weighted by Crippen LogP contribution is -2.36. The number of carboxylic acid groups (broad SMARTS) is 1. The SMILES string of the molecule is CC(=O)N1CCOc2ncc(C(=O)O)cc21. The smallest absolute Gasteiger partial charge is 0.337 e. The van der Waals surface area contributed by atoms with Crippen molar-refractivity contribution in [2.24, 2.45) is 0 Å². The number of anilines is 1. The summed E-state index contributed by atoms with van der Waals surface area (Å²) in [5.74, 6) is -0.940. The fourth-order valence-electron chi connectivity index (χ4n) is 1.54. The number of rotatable bonds is 1. The van der Waals surface area contributed by atoms with Crippen molar-refractivity contribution in [1.29, 1.82) is 0 Å². The van der Waals surface area contributed by atoms with Gasteiger partial charge < -0.3 is 14.7 Å². The molecule has 1 aliphatic heterocycles. The van der Waals surface area contributed by atoms with E-state index in [1.807, 2.05) is 0 Å². The van der Waals surface area contributed by atoms with Gasteiger partial charge in [-0.15, -0.1) is 0 Å². The maximum atomic E-state index is 11.3. The Hall–Kier alpha value is -2.11. The topological polar surface area (TPSA) is 79.7 Å². The Bertz CT molecular complexity index is 458. The van der Waals surface area contributed by atoms with Crippen molar-refractivity contribution in [1.82, 2.24) is 4.98 Å². The normalized spacial score (nSPS) is 13.9. The molecule has 0 aliphatic carbocycles. The van der Waals surface area contributed by atoms with E-state index >= 15 is 0 Å². The van der Waals surface area contributed by atoms with Crippen LogP contribution in [0.5, 0.6) is 5.88 Å². The van der Waals surface area contributed by atoms with Crippen LogP contribution in [0, 0.1) is 0 Å². The highest BCUT2D eigenvalue weighted by Gasteiger charge is 2.23. The molecule has 0 atom stereocenters. The zero-order valence-electron chi connectivity index (χ0n) is 8.64. The summed E-state index contributed by atoms with van der Waals surface area (Å²) < 4.78 is 5.24. The number of hydrogen-bond donors (Lipinski definition) is 1. The standard InChI is InChI=1S/C10H10N2O4/c1-6(13)12-2-3-16-9-8(12)4-7(5-11-9)10(14)15/h4-5H,2-3H2,1H3,(H,14,15). The van der Waals surface area contributed by atoms with Crippen LogP contribution in [0.25, 0.3) is 0 Å². The van der Waals surface area contributed by atoms with Crippen molar-refractivity contribution >= 4 is 17.6 Å². The van der Waals surface area contributed by atoms with Crippen LogP contribution in [0.1, 0.15) is 17.3 Å². The highest BCUT2D eigenvalue weighted by Crippen LogP contribution is 2.29. The van der Waals surface area contributed by atoms with E-state index in [0.29, 0.717) is 24.7 Å². The molecule has 0 bridgehead atoms. The number of carboxylic acids is 1. The van der Waals surface area contributed by atoms with Gasteiger partial charge in [-0.25, -0.2) is 9.78 Å². The zero-order valence-corrected chi connectivity index (χ0v) is 8.64. The minimum atomic E-state index is -1.08.